The summed E-state index contributed by atoms with van der Waals surface area (Å²) in [5.41, 5.74) is 1.81. The molecule has 0 atom stereocenters. The molecule has 0 spiro atoms. The van der Waals surface area contributed by atoms with E-state index in [2.05, 4.69) is 0 Å². The molecular formula is C9H13F. The van der Waals surface area contributed by atoms with Crippen LogP contribution in [0, 0.1) is 0 Å². The maximum atomic E-state index is 13.1. The number of allylic oxidation sites excluding steroid dienone is 4. The second-order valence-corrected chi connectivity index (χ2v) is 2.72. The predicted octanol–water partition coefficient (Wildman–Crippen LogP) is 3.36. The lowest BCUT2D eigenvalue weighted by molar-refractivity contribution is 0.610. The Kier molecular flexibility index (Phi) is 2.25. The van der Waals surface area contributed by atoms with E-state index in [1.807, 2.05) is 19.9 Å². The third-order valence-corrected chi connectivity index (χ3v) is 1.95. The minimum Gasteiger partial charge on any atom is -0.207 e. The minimum absolute atomic E-state index is 0.0359. The first-order valence-electron chi connectivity index (χ1n) is 3.80. The number of hydrogen-bond acceptors (Lipinski definition) is 0. The SMILES string of the molecule is CCC1=CCCC(C)=C1F. The summed E-state index contributed by atoms with van der Waals surface area (Å²) in [6, 6.07) is 0. The first-order chi connectivity index (χ1) is 4.75. The maximum absolute atomic E-state index is 13.1. The second-order valence-electron chi connectivity index (χ2n) is 2.72. The average Bonchev–Trinajstić information content (AvgIpc) is 1.95. The lowest BCUT2D eigenvalue weighted by Crippen LogP contribution is -1.93. The van der Waals surface area contributed by atoms with Gasteiger partial charge in [-0.15, -0.1) is 0 Å². The third-order valence-electron chi connectivity index (χ3n) is 1.95. The number of hydrogen-bond donors (Lipinski definition) is 0. The number of rotatable bonds is 1. The quantitative estimate of drug-likeness (QED) is 0.524. The molecule has 0 saturated heterocycles. The Balaban J connectivity index is 2.83. The van der Waals surface area contributed by atoms with Crippen molar-refractivity contribution in [3.63, 3.8) is 0 Å². The Bertz CT molecular complexity index is 187. The highest BCUT2D eigenvalue weighted by Gasteiger charge is 2.09. The zero-order chi connectivity index (χ0) is 7.56. The van der Waals surface area contributed by atoms with E-state index < -0.39 is 0 Å². The molecule has 0 aromatic heterocycles. The van der Waals surface area contributed by atoms with Gasteiger partial charge in [-0.1, -0.05) is 13.0 Å². The molecule has 0 saturated carbocycles. The smallest absolute Gasteiger partial charge is 0.124 e. The van der Waals surface area contributed by atoms with Crippen molar-refractivity contribution in [1.82, 2.24) is 0 Å². The molecule has 10 heavy (non-hydrogen) atoms. The molecule has 1 rings (SSSR count). The van der Waals surface area contributed by atoms with Gasteiger partial charge in [0.1, 0.15) is 5.83 Å². The molecule has 0 N–H and O–H groups in total. The van der Waals surface area contributed by atoms with Crippen LogP contribution < -0.4 is 0 Å². The van der Waals surface area contributed by atoms with Gasteiger partial charge in [0.25, 0.3) is 0 Å². The van der Waals surface area contributed by atoms with Crippen molar-refractivity contribution in [1.29, 1.82) is 0 Å². The Morgan fingerprint density at radius 1 is 1.60 bits per heavy atom. The van der Waals surface area contributed by atoms with Crippen molar-refractivity contribution in [2.24, 2.45) is 0 Å². The van der Waals surface area contributed by atoms with E-state index in [4.69, 9.17) is 0 Å². The molecule has 1 aliphatic rings. The van der Waals surface area contributed by atoms with Gasteiger partial charge in [-0.3, -0.25) is 0 Å². The van der Waals surface area contributed by atoms with E-state index in [1.165, 1.54) is 0 Å². The molecule has 0 unspecified atom stereocenters. The van der Waals surface area contributed by atoms with Crippen LogP contribution in [-0.2, 0) is 0 Å². The second kappa shape index (κ2) is 3.00. The molecule has 0 heterocycles. The highest BCUT2D eigenvalue weighted by atomic mass is 19.1. The van der Waals surface area contributed by atoms with Gasteiger partial charge in [0.05, 0.1) is 0 Å². The standard InChI is InChI=1S/C9H13F/c1-3-8-6-4-5-7(2)9(8)10/h6H,3-5H2,1-2H3. The van der Waals surface area contributed by atoms with Crippen molar-refractivity contribution in [3.8, 4) is 0 Å². The first kappa shape index (κ1) is 7.52. The Morgan fingerprint density at radius 3 is 2.80 bits per heavy atom. The zero-order valence-corrected chi connectivity index (χ0v) is 6.58. The van der Waals surface area contributed by atoms with E-state index in [1.54, 1.807) is 0 Å². The molecule has 0 amide bonds. The van der Waals surface area contributed by atoms with Crippen LogP contribution in [0.4, 0.5) is 4.39 Å². The monoisotopic (exact) mass is 140 g/mol. The minimum atomic E-state index is 0.0359. The van der Waals surface area contributed by atoms with Gasteiger partial charge < -0.3 is 0 Å². The molecule has 1 aliphatic carbocycles. The first-order valence-corrected chi connectivity index (χ1v) is 3.80. The summed E-state index contributed by atoms with van der Waals surface area (Å²) in [6.45, 7) is 3.86. The summed E-state index contributed by atoms with van der Waals surface area (Å²) in [4.78, 5) is 0. The van der Waals surface area contributed by atoms with Crippen molar-refractivity contribution in [2.75, 3.05) is 0 Å². The molecule has 56 valence electrons. The van der Waals surface area contributed by atoms with Crippen LogP contribution in [0.5, 0.6) is 0 Å². The molecule has 1 heteroatoms. The van der Waals surface area contributed by atoms with E-state index in [0.717, 1.165) is 30.4 Å². The Hall–Kier alpha value is -0.590. The molecular weight excluding hydrogens is 127 g/mol. The maximum Gasteiger partial charge on any atom is 0.124 e. The summed E-state index contributed by atoms with van der Waals surface area (Å²) in [7, 11) is 0. The topological polar surface area (TPSA) is 0 Å². The summed E-state index contributed by atoms with van der Waals surface area (Å²) in [5.74, 6) is 0.0359. The summed E-state index contributed by atoms with van der Waals surface area (Å²) in [5, 5.41) is 0. The van der Waals surface area contributed by atoms with Gasteiger partial charge in [0, 0.05) is 0 Å². The van der Waals surface area contributed by atoms with Gasteiger partial charge in [0.15, 0.2) is 0 Å². The van der Waals surface area contributed by atoms with Crippen molar-refractivity contribution < 1.29 is 4.39 Å². The fourth-order valence-corrected chi connectivity index (χ4v) is 1.24. The van der Waals surface area contributed by atoms with Crippen molar-refractivity contribution in [2.45, 2.75) is 33.1 Å². The van der Waals surface area contributed by atoms with Crippen molar-refractivity contribution >= 4 is 0 Å². The molecule has 0 aromatic carbocycles. The normalized spacial score (nSPS) is 19.3. The summed E-state index contributed by atoms with van der Waals surface area (Å²) >= 11 is 0. The van der Waals surface area contributed by atoms with Gasteiger partial charge in [0.2, 0.25) is 0 Å². The van der Waals surface area contributed by atoms with Crippen LogP contribution in [0.25, 0.3) is 0 Å². The van der Waals surface area contributed by atoms with Crippen LogP contribution in [0.2, 0.25) is 0 Å². The van der Waals surface area contributed by atoms with E-state index in [-0.39, 0.29) is 5.83 Å². The fourth-order valence-electron chi connectivity index (χ4n) is 1.24. The Morgan fingerprint density at radius 2 is 2.30 bits per heavy atom. The highest BCUT2D eigenvalue weighted by molar-refractivity contribution is 5.32. The number of halogens is 1. The lowest BCUT2D eigenvalue weighted by atomic mass is 9.98. The average molecular weight is 140 g/mol. The van der Waals surface area contributed by atoms with Gasteiger partial charge in [-0.05, 0) is 37.3 Å². The van der Waals surface area contributed by atoms with Gasteiger partial charge in [-0.2, -0.15) is 0 Å². The van der Waals surface area contributed by atoms with Gasteiger partial charge >= 0.3 is 0 Å². The van der Waals surface area contributed by atoms with Crippen LogP contribution in [-0.4, -0.2) is 0 Å². The third kappa shape index (κ3) is 1.28. The molecule has 0 bridgehead atoms. The van der Waals surface area contributed by atoms with Crippen LogP contribution in [0.1, 0.15) is 33.1 Å². The van der Waals surface area contributed by atoms with E-state index >= 15 is 0 Å². The lowest BCUT2D eigenvalue weighted by Gasteiger charge is -2.11. The van der Waals surface area contributed by atoms with Crippen LogP contribution in [0.15, 0.2) is 23.0 Å². The molecule has 0 nitrogen and oxygen atoms in total. The molecule has 0 fully saturated rings. The molecule has 0 aliphatic heterocycles. The molecule has 0 aromatic rings. The Labute approximate surface area is 61.4 Å². The zero-order valence-electron chi connectivity index (χ0n) is 6.58. The van der Waals surface area contributed by atoms with Crippen molar-refractivity contribution in [3.05, 3.63) is 23.0 Å². The van der Waals surface area contributed by atoms with E-state index in [0.29, 0.717) is 0 Å². The van der Waals surface area contributed by atoms with E-state index in [9.17, 15) is 4.39 Å². The largest absolute Gasteiger partial charge is 0.207 e. The summed E-state index contributed by atoms with van der Waals surface area (Å²) < 4.78 is 13.1. The fraction of sp³-hybridized carbons (Fsp3) is 0.556. The van der Waals surface area contributed by atoms with Crippen LogP contribution >= 0.6 is 0 Å². The molecule has 0 radical (unpaired) electrons. The predicted molar refractivity (Wildman–Crippen MR) is 41.4 cm³/mol. The summed E-state index contributed by atoms with van der Waals surface area (Å²) in [6.07, 6.45) is 4.74. The van der Waals surface area contributed by atoms with Gasteiger partial charge in [-0.25, -0.2) is 4.39 Å². The highest BCUT2D eigenvalue weighted by Crippen LogP contribution is 2.27. The van der Waals surface area contributed by atoms with Crippen LogP contribution in [0.3, 0.4) is 0 Å².